The van der Waals surface area contributed by atoms with Crippen molar-refractivity contribution in [3.8, 4) is 0 Å². The summed E-state index contributed by atoms with van der Waals surface area (Å²) in [7, 11) is 0. The van der Waals surface area contributed by atoms with Crippen molar-refractivity contribution in [2.24, 2.45) is 5.92 Å². The lowest BCUT2D eigenvalue weighted by molar-refractivity contribution is 0.154. The molecule has 2 fully saturated rings. The minimum absolute atomic E-state index is 0.239. The standard InChI is InChI=1S/C19H24FN3O/c20-15-1-2-17-18(3-7-21-19(17)11-15)22-16-4-8-23(9-5-16)12-14-6-10-24-13-14/h1-3,7,11,14,16H,4-6,8-10,12-13H2,(H,21,22). The maximum Gasteiger partial charge on any atom is 0.125 e. The van der Waals surface area contributed by atoms with Crippen LogP contribution in [0.1, 0.15) is 19.3 Å². The van der Waals surface area contributed by atoms with Gasteiger partial charge in [0.1, 0.15) is 5.82 Å². The number of nitrogens with zero attached hydrogens (tertiary/aromatic N) is 2. The molecule has 24 heavy (non-hydrogen) atoms. The van der Waals surface area contributed by atoms with Gasteiger partial charge in [0.2, 0.25) is 0 Å². The topological polar surface area (TPSA) is 37.4 Å². The van der Waals surface area contributed by atoms with Crippen molar-refractivity contribution in [2.75, 3.05) is 38.2 Å². The molecule has 0 saturated carbocycles. The van der Waals surface area contributed by atoms with E-state index in [4.69, 9.17) is 4.74 Å². The number of fused-ring (bicyclic) bond motifs is 1. The van der Waals surface area contributed by atoms with Gasteiger partial charge < -0.3 is 15.0 Å². The zero-order chi connectivity index (χ0) is 16.4. The quantitative estimate of drug-likeness (QED) is 0.934. The Labute approximate surface area is 142 Å². The van der Waals surface area contributed by atoms with Crippen LogP contribution in [0.2, 0.25) is 0 Å². The number of pyridine rings is 1. The Morgan fingerprint density at radius 2 is 2.08 bits per heavy atom. The summed E-state index contributed by atoms with van der Waals surface area (Å²) in [6.45, 7) is 5.29. The molecule has 1 aromatic carbocycles. The highest BCUT2D eigenvalue weighted by molar-refractivity contribution is 5.91. The molecule has 1 unspecified atom stereocenters. The number of aromatic nitrogens is 1. The number of benzene rings is 1. The number of hydrogen-bond donors (Lipinski definition) is 1. The molecule has 2 saturated heterocycles. The zero-order valence-corrected chi connectivity index (χ0v) is 13.9. The summed E-state index contributed by atoms with van der Waals surface area (Å²) < 4.78 is 18.8. The largest absolute Gasteiger partial charge is 0.382 e. The second kappa shape index (κ2) is 7.03. The van der Waals surface area contributed by atoms with E-state index in [1.165, 1.54) is 25.1 Å². The Hall–Kier alpha value is -1.72. The van der Waals surface area contributed by atoms with Crippen LogP contribution >= 0.6 is 0 Å². The molecule has 128 valence electrons. The Morgan fingerprint density at radius 1 is 1.21 bits per heavy atom. The summed E-state index contributed by atoms with van der Waals surface area (Å²) in [5, 5.41) is 4.63. The number of hydrogen-bond acceptors (Lipinski definition) is 4. The summed E-state index contributed by atoms with van der Waals surface area (Å²) in [4.78, 5) is 6.83. The molecule has 4 rings (SSSR count). The molecule has 2 aliphatic rings. The van der Waals surface area contributed by atoms with Crippen LogP contribution in [0.15, 0.2) is 30.5 Å². The van der Waals surface area contributed by atoms with Crippen LogP contribution in [-0.4, -0.2) is 48.8 Å². The zero-order valence-electron chi connectivity index (χ0n) is 13.9. The van der Waals surface area contributed by atoms with Crippen molar-refractivity contribution in [2.45, 2.75) is 25.3 Å². The summed E-state index contributed by atoms with van der Waals surface area (Å²) in [5.41, 5.74) is 1.77. The van der Waals surface area contributed by atoms with Crippen LogP contribution in [0, 0.1) is 11.7 Å². The predicted molar refractivity (Wildman–Crippen MR) is 93.7 cm³/mol. The molecule has 1 N–H and O–H groups in total. The van der Waals surface area contributed by atoms with Crippen molar-refractivity contribution in [3.63, 3.8) is 0 Å². The summed E-state index contributed by atoms with van der Waals surface area (Å²) in [6, 6.07) is 7.27. The number of rotatable bonds is 4. The second-order valence-corrected chi connectivity index (χ2v) is 6.97. The third kappa shape index (κ3) is 3.52. The molecule has 0 amide bonds. The number of nitrogens with one attached hydrogen (secondary N) is 1. The van der Waals surface area contributed by atoms with Gasteiger partial charge in [0.25, 0.3) is 0 Å². The molecule has 2 aliphatic heterocycles. The average molecular weight is 329 g/mol. The molecule has 1 atom stereocenters. The maximum atomic E-state index is 13.4. The molecule has 1 aromatic heterocycles. The Bertz CT molecular complexity index is 694. The summed E-state index contributed by atoms with van der Waals surface area (Å²) in [5.74, 6) is 0.477. The van der Waals surface area contributed by atoms with Gasteiger partial charge in [-0.15, -0.1) is 0 Å². The van der Waals surface area contributed by atoms with Crippen LogP contribution in [0.3, 0.4) is 0 Å². The number of halogens is 1. The van der Waals surface area contributed by atoms with Crippen molar-refractivity contribution < 1.29 is 9.13 Å². The molecular weight excluding hydrogens is 305 g/mol. The fourth-order valence-corrected chi connectivity index (χ4v) is 3.82. The molecule has 3 heterocycles. The van der Waals surface area contributed by atoms with Gasteiger partial charge in [-0.2, -0.15) is 0 Å². The Morgan fingerprint density at radius 3 is 2.88 bits per heavy atom. The summed E-state index contributed by atoms with van der Waals surface area (Å²) in [6.07, 6.45) is 5.23. The molecular formula is C19H24FN3O. The number of anilines is 1. The van der Waals surface area contributed by atoms with Gasteiger partial charge >= 0.3 is 0 Å². The number of likely N-dealkylation sites (tertiary alicyclic amines) is 1. The van der Waals surface area contributed by atoms with E-state index in [1.807, 2.05) is 12.1 Å². The van der Waals surface area contributed by atoms with Gasteiger partial charge in [0.15, 0.2) is 0 Å². The molecule has 0 radical (unpaired) electrons. The third-order valence-corrected chi connectivity index (χ3v) is 5.19. The minimum atomic E-state index is -0.239. The molecule has 5 heteroatoms. The molecule has 4 nitrogen and oxygen atoms in total. The fourth-order valence-electron chi connectivity index (χ4n) is 3.82. The SMILES string of the molecule is Fc1ccc2c(NC3CCN(CC4CCOC4)CC3)ccnc2c1. The molecule has 0 bridgehead atoms. The summed E-state index contributed by atoms with van der Waals surface area (Å²) >= 11 is 0. The van der Waals surface area contributed by atoms with E-state index in [0.29, 0.717) is 17.5 Å². The first-order valence-corrected chi connectivity index (χ1v) is 8.89. The van der Waals surface area contributed by atoms with Crippen LogP contribution in [0.25, 0.3) is 10.9 Å². The van der Waals surface area contributed by atoms with Crippen molar-refractivity contribution in [1.82, 2.24) is 9.88 Å². The van der Waals surface area contributed by atoms with Crippen molar-refractivity contribution in [1.29, 1.82) is 0 Å². The third-order valence-electron chi connectivity index (χ3n) is 5.19. The van der Waals surface area contributed by atoms with Gasteiger partial charge in [-0.3, -0.25) is 4.98 Å². The van der Waals surface area contributed by atoms with E-state index in [-0.39, 0.29) is 5.82 Å². The van der Waals surface area contributed by atoms with Gasteiger partial charge in [-0.05, 0) is 43.4 Å². The Kier molecular flexibility index (Phi) is 4.63. The highest BCUT2D eigenvalue weighted by atomic mass is 19.1. The van der Waals surface area contributed by atoms with Crippen LogP contribution < -0.4 is 5.32 Å². The Balaban J connectivity index is 1.37. The van der Waals surface area contributed by atoms with Gasteiger partial charge in [0.05, 0.1) is 12.1 Å². The molecule has 0 aliphatic carbocycles. The van der Waals surface area contributed by atoms with E-state index in [0.717, 1.165) is 50.2 Å². The van der Waals surface area contributed by atoms with Gasteiger partial charge in [-0.1, -0.05) is 0 Å². The van der Waals surface area contributed by atoms with Crippen LogP contribution in [0.5, 0.6) is 0 Å². The van der Waals surface area contributed by atoms with Crippen LogP contribution in [0.4, 0.5) is 10.1 Å². The van der Waals surface area contributed by atoms with E-state index in [2.05, 4.69) is 15.2 Å². The second-order valence-electron chi connectivity index (χ2n) is 6.97. The highest BCUT2D eigenvalue weighted by Crippen LogP contribution is 2.25. The van der Waals surface area contributed by atoms with Gasteiger partial charge in [-0.25, -0.2) is 4.39 Å². The van der Waals surface area contributed by atoms with Gasteiger partial charge in [0, 0.05) is 55.6 Å². The molecule has 2 aromatic rings. The number of ether oxygens (including phenoxy) is 1. The lowest BCUT2D eigenvalue weighted by Gasteiger charge is -2.34. The monoisotopic (exact) mass is 329 g/mol. The first-order chi connectivity index (χ1) is 11.8. The first kappa shape index (κ1) is 15.8. The van der Waals surface area contributed by atoms with Crippen molar-refractivity contribution >= 4 is 16.6 Å². The normalized spacial score (nSPS) is 23.0. The smallest absolute Gasteiger partial charge is 0.125 e. The predicted octanol–water partition coefficient (Wildman–Crippen LogP) is 3.29. The lowest BCUT2D eigenvalue weighted by atomic mass is 10.0. The van der Waals surface area contributed by atoms with Crippen LogP contribution in [-0.2, 0) is 4.74 Å². The highest BCUT2D eigenvalue weighted by Gasteiger charge is 2.24. The lowest BCUT2D eigenvalue weighted by Crippen LogP contribution is -2.41. The van der Waals surface area contributed by atoms with E-state index in [1.54, 1.807) is 6.20 Å². The van der Waals surface area contributed by atoms with E-state index in [9.17, 15) is 4.39 Å². The fraction of sp³-hybridized carbons (Fsp3) is 0.526. The number of piperidine rings is 1. The minimum Gasteiger partial charge on any atom is -0.382 e. The first-order valence-electron chi connectivity index (χ1n) is 8.89. The van der Waals surface area contributed by atoms with E-state index >= 15 is 0 Å². The molecule has 0 spiro atoms. The van der Waals surface area contributed by atoms with E-state index < -0.39 is 0 Å². The van der Waals surface area contributed by atoms with Crippen molar-refractivity contribution in [3.05, 3.63) is 36.3 Å². The average Bonchev–Trinajstić information content (AvgIpc) is 3.09. The maximum absolute atomic E-state index is 13.4.